The van der Waals surface area contributed by atoms with Crippen LogP contribution < -0.4 is 16.0 Å². The Balaban J connectivity index is 1.29. The van der Waals surface area contributed by atoms with Crippen molar-refractivity contribution in [1.29, 1.82) is 0 Å². The van der Waals surface area contributed by atoms with Crippen LogP contribution >= 0.6 is 11.3 Å². The van der Waals surface area contributed by atoms with Gasteiger partial charge in [0, 0.05) is 29.1 Å². The second-order valence-corrected chi connectivity index (χ2v) is 9.57. The van der Waals surface area contributed by atoms with Crippen LogP contribution in [-0.4, -0.2) is 36.1 Å². The molecule has 29 heavy (non-hydrogen) atoms. The number of hydrogen-bond acceptors (Lipinski definition) is 5. The highest BCUT2D eigenvalue weighted by Crippen LogP contribution is 2.35. The quantitative estimate of drug-likeness (QED) is 0.673. The Morgan fingerprint density at radius 1 is 1.14 bits per heavy atom. The normalized spacial score (nSPS) is 23.8. The summed E-state index contributed by atoms with van der Waals surface area (Å²) in [5.74, 6) is 0.625. The number of benzene rings is 1. The van der Waals surface area contributed by atoms with Gasteiger partial charge in [0.1, 0.15) is 0 Å². The fraction of sp³-hybridized carbons (Fsp3) is 0.565. The maximum absolute atomic E-state index is 12.5. The van der Waals surface area contributed by atoms with Gasteiger partial charge in [-0.3, -0.25) is 4.79 Å². The van der Waals surface area contributed by atoms with Crippen LogP contribution in [0.15, 0.2) is 29.6 Å². The molecule has 1 unspecified atom stereocenters. The lowest BCUT2D eigenvalue weighted by atomic mass is 9.96. The summed E-state index contributed by atoms with van der Waals surface area (Å²) >= 11 is 1.72. The number of aromatic nitrogens is 1. The van der Waals surface area contributed by atoms with Gasteiger partial charge < -0.3 is 16.0 Å². The van der Waals surface area contributed by atoms with Gasteiger partial charge in [-0.1, -0.05) is 12.1 Å². The molecule has 2 fully saturated rings. The predicted octanol–water partition coefficient (Wildman–Crippen LogP) is 3.92. The summed E-state index contributed by atoms with van der Waals surface area (Å²) in [5.41, 5.74) is 3.28. The summed E-state index contributed by atoms with van der Waals surface area (Å²) in [7, 11) is 0. The average Bonchev–Trinajstić information content (AvgIpc) is 3.38. The van der Waals surface area contributed by atoms with Crippen molar-refractivity contribution in [2.75, 3.05) is 13.1 Å². The highest BCUT2D eigenvalue weighted by atomic mass is 32.1. The van der Waals surface area contributed by atoms with Crippen LogP contribution in [0, 0.1) is 6.92 Å². The Morgan fingerprint density at radius 2 is 1.90 bits per heavy atom. The van der Waals surface area contributed by atoms with E-state index in [9.17, 15) is 4.79 Å². The maximum atomic E-state index is 12.5. The first-order chi connectivity index (χ1) is 14.1. The number of nitrogens with zero attached hydrogens (tertiary/aromatic N) is 1. The minimum atomic E-state index is 0.0572. The first kappa shape index (κ1) is 20.5. The molecule has 1 aromatic heterocycles. The van der Waals surface area contributed by atoms with E-state index in [1.165, 1.54) is 18.4 Å². The van der Waals surface area contributed by atoms with E-state index in [0.717, 1.165) is 48.6 Å². The van der Waals surface area contributed by atoms with Crippen molar-refractivity contribution in [2.45, 2.75) is 70.0 Å². The predicted molar refractivity (Wildman–Crippen MR) is 119 cm³/mol. The largest absolute Gasteiger partial charge is 0.349 e. The Labute approximate surface area is 177 Å². The van der Waals surface area contributed by atoms with Gasteiger partial charge in [-0.05, 0) is 82.7 Å². The van der Waals surface area contributed by atoms with E-state index < -0.39 is 0 Å². The third-order valence-electron chi connectivity index (χ3n) is 6.32. The third kappa shape index (κ3) is 5.24. The Kier molecular flexibility index (Phi) is 6.63. The number of hydrogen-bond donors (Lipinski definition) is 3. The molecular formula is C23H32N4OS. The first-order valence-electron chi connectivity index (χ1n) is 10.9. The molecule has 1 aromatic carbocycles. The highest BCUT2D eigenvalue weighted by molar-refractivity contribution is 7.09. The molecule has 5 nitrogen and oxygen atoms in total. The molecule has 2 aromatic rings. The zero-order valence-electron chi connectivity index (χ0n) is 17.4. The molecule has 0 radical (unpaired) electrons. The summed E-state index contributed by atoms with van der Waals surface area (Å²) in [4.78, 5) is 17.1. The zero-order valence-corrected chi connectivity index (χ0v) is 18.2. The van der Waals surface area contributed by atoms with Crippen molar-refractivity contribution < 1.29 is 4.79 Å². The number of carbonyl (C=O) groups excluding carboxylic acids is 1. The fourth-order valence-corrected chi connectivity index (χ4v) is 5.30. The van der Waals surface area contributed by atoms with Crippen molar-refractivity contribution >= 4 is 17.2 Å². The number of piperidine rings is 1. The second kappa shape index (κ2) is 9.37. The molecule has 0 spiro atoms. The molecule has 1 aliphatic carbocycles. The molecule has 3 atom stereocenters. The lowest BCUT2D eigenvalue weighted by Crippen LogP contribution is -2.42. The van der Waals surface area contributed by atoms with E-state index >= 15 is 0 Å². The van der Waals surface area contributed by atoms with Crippen molar-refractivity contribution in [1.82, 2.24) is 20.9 Å². The van der Waals surface area contributed by atoms with Crippen LogP contribution in [0.1, 0.15) is 77.6 Å². The molecule has 4 rings (SSSR count). The van der Waals surface area contributed by atoms with Crippen LogP contribution in [0.25, 0.3) is 0 Å². The Bertz CT molecular complexity index is 813. The van der Waals surface area contributed by atoms with Crippen LogP contribution in [0.2, 0.25) is 0 Å². The summed E-state index contributed by atoms with van der Waals surface area (Å²) in [6, 6.07) is 9.41. The average molecular weight is 413 g/mol. The van der Waals surface area contributed by atoms with Crippen molar-refractivity contribution in [3.63, 3.8) is 0 Å². The van der Waals surface area contributed by atoms with Crippen LogP contribution in [0.4, 0.5) is 0 Å². The van der Waals surface area contributed by atoms with E-state index in [0.29, 0.717) is 24.0 Å². The van der Waals surface area contributed by atoms with Crippen LogP contribution in [0.3, 0.4) is 0 Å². The molecule has 6 heteroatoms. The van der Waals surface area contributed by atoms with Gasteiger partial charge in [0.2, 0.25) is 0 Å². The maximum Gasteiger partial charge on any atom is 0.251 e. The molecule has 1 amide bonds. The van der Waals surface area contributed by atoms with E-state index in [-0.39, 0.29) is 5.91 Å². The Morgan fingerprint density at radius 3 is 2.59 bits per heavy atom. The molecule has 156 valence electrons. The molecule has 1 saturated carbocycles. The summed E-state index contributed by atoms with van der Waals surface area (Å²) in [6.07, 6.45) is 5.56. The first-order valence-corrected chi connectivity index (χ1v) is 11.8. The molecular weight excluding hydrogens is 380 g/mol. The van der Waals surface area contributed by atoms with Gasteiger partial charge >= 0.3 is 0 Å². The van der Waals surface area contributed by atoms with Crippen LogP contribution in [0.5, 0.6) is 0 Å². The van der Waals surface area contributed by atoms with Gasteiger partial charge in [-0.25, -0.2) is 4.98 Å². The van der Waals surface area contributed by atoms with Crippen molar-refractivity contribution in [2.24, 2.45) is 0 Å². The third-order valence-corrected chi connectivity index (χ3v) is 7.11. The number of rotatable bonds is 6. The van der Waals surface area contributed by atoms with Gasteiger partial charge in [-0.15, -0.1) is 11.3 Å². The number of thiazole rings is 1. The standard InChI is InChI=1S/C23H32N4OS/c1-15(22-14-29-16(2)26-22)25-21-8-7-19(13-21)17-3-5-18(6-4-17)23(28)27-20-9-11-24-12-10-20/h3-6,14-15,19-21,24-25H,7-13H2,1-2H3,(H,27,28)/t15-,19+,21?/m1/s1. The van der Waals surface area contributed by atoms with Gasteiger partial charge in [-0.2, -0.15) is 0 Å². The topological polar surface area (TPSA) is 66.0 Å². The smallest absolute Gasteiger partial charge is 0.251 e. The molecule has 1 saturated heterocycles. The molecule has 0 bridgehead atoms. The second-order valence-electron chi connectivity index (χ2n) is 8.51. The zero-order chi connectivity index (χ0) is 20.2. The number of amides is 1. The number of carbonyl (C=O) groups is 1. The van der Waals surface area contributed by atoms with Gasteiger partial charge in [0.25, 0.3) is 5.91 Å². The minimum absolute atomic E-state index is 0.0572. The van der Waals surface area contributed by atoms with E-state index in [1.54, 1.807) is 11.3 Å². The van der Waals surface area contributed by atoms with Crippen LogP contribution in [-0.2, 0) is 0 Å². The summed E-state index contributed by atoms with van der Waals surface area (Å²) in [5, 5.41) is 13.6. The van der Waals surface area contributed by atoms with E-state index in [2.05, 4.69) is 52.3 Å². The molecule has 3 N–H and O–H groups in total. The van der Waals surface area contributed by atoms with Crippen molar-refractivity contribution in [3.8, 4) is 0 Å². The SMILES string of the molecule is Cc1nc([C@@H](C)NC2CC[C@H](c3ccc(C(=O)NC4CCNCC4)cc3)C2)cs1. The van der Waals surface area contributed by atoms with Crippen molar-refractivity contribution in [3.05, 3.63) is 51.5 Å². The van der Waals surface area contributed by atoms with Gasteiger partial charge in [0.05, 0.1) is 10.7 Å². The number of aryl methyl sites for hydroxylation is 1. The van der Waals surface area contributed by atoms with E-state index in [1.807, 2.05) is 12.1 Å². The molecule has 1 aliphatic heterocycles. The van der Waals surface area contributed by atoms with E-state index in [4.69, 9.17) is 0 Å². The minimum Gasteiger partial charge on any atom is -0.349 e. The fourth-order valence-electron chi connectivity index (χ4n) is 4.60. The Hall–Kier alpha value is -1.76. The monoisotopic (exact) mass is 412 g/mol. The molecule has 2 heterocycles. The van der Waals surface area contributed by atoms with Gasteiger partial charge in [0.15, 0.2) is 0 Å². The lowest BCUT2D eigenvalue weighted by Gasteiger charge is -2.23. The summed E-state index contributed by atoms with van der Waals surface area (Å²) in [6.45, 7) is 6.24. The lowest BCUT2D eigenvalue weighted by molar-refractivity contribution is 0.0929. The highest BCUT2D eigenvalue weighted by Gasteiger charge is 2.27. The molecule has 2 aliphatic rings. The number of nitrogens with one attached hydrogen (secondary N) is 3. The summed E-state index contributed by atoms with van der Waals surface area (Å²) < 4.78 is 0.